The number of hydrogen-bond acceptors (Lipinski definition) is 4. The van der Waals surface area contributed by atoms with Crippen LogP contribution in [0, 0.1) is 17.2 Å². The topological polar surface area (TPSA) is 39.1 Å². The van der Waals surface area contributed by atoms with Gasteiger partial charge in [-0.1, -0.05) is 19.9 Å². The summed E-state index contributed by atoms with van der Waals surface area (Å²) in [4.78, 5) is 2.28. The van der Waals surface area contributed by atoms with Crippen molar-refractivity contribution in [2.75, 3.05) is 30.0 Å². The molecule has 1 aromatic carbocycles. The minimum atomic E-state index is 0.562. The van der Waals surface area contributed by atoms with Gasteiger partial charge >= 0.3 is 0 Å². The zero-order valence-corrected chi connectivity index (χ0v) is 14.0. The van der Waals surface area contributed by atoms with Crippen LogP contribution in [-0.4, -0.2) is 31.1 Å². The van der Waals surface area contributed by atoms with Gasteiger partial charge in [-0.25, -0.2) is 0 Å². The molecule has 1 aliphatic heterocycles. The van der Waals surface area contributed by atoms with Gasteiger partial charge in [0, 0.05) is 25.4 Å². The summed E-state index contributed by atoms with van der Waals surface area (Å²) in [5.41, 5.74) is 3.04. The Morgan fingerprint density at radius 1 is 1.48 bits per heavy atom. The molecule has 0 aromatic heterocycles. The van der Waals surface area contributed by atoms with Crippen molar-refractivity contribution in [2.24, 2.45) is 5.92 Å². The van der Waals surface area contributed by atoms with E-state index in [-0.39, 0.29) is 0 Å². The van der Waals surface area contributed by atoms with Crippen molar-refractivity contribution in [3.63, 3.8) is 0 Å². The molecule has 0 amide bonds. The fourth-order valence-electron chi connectivity index (χ4n) is 2.62. The van der Waals surface area contributed by atoms with Crippen LogP contribution in [0.3, 0.4) is 0 Å². The lowest BCUT2D eigenvalue weighted by Crippen LogP contribution is -2.31. The third-order valence-electron chi connectivity index (χ3n) is 3.90. The zero-order valence-electron chi connectivity index (χ0n) is 13.2. The molecular formula is C17H25N3S. The Bertz CT molecular complexity index is 501. The maximum Gasteiger partial charge on any atom is 0.101 e. The van der Waals surface area contributed by atoms with E-state index in [9.17, 15) is 5.26 Å². The summed E-state index contributed by atoms with van der Waals surface area (Å²) in [6.07, 6.45) is 1.21. The number of rotatable bonds is 6. The minimum absolute atomic E-state index is 0.562. The van der Waals surface area contributed by atoms with Gasteiger partial charge in [-0.15, -0.1) is 0 Å². The summed E-state index contributed by atoms with van der Waals surface area (Å²) in [6.45, 7) is 6.23. The van der Waals surface area contributed by atoms with Crippen LogP contribution in [0.2, 0.25) is 0 Å². The fourth-order valence-corrected chi connectivity index (χ4v) is 3.89. The number of nitriles is 1. The van der Waals surface area contributed by atoms with Crippen molar-refractivity contribution in [1.29, 1.82) is 5.26 Å². The van der Waals surface area contributed by atoms with E-state index >= 15 is 0 Å². The summed E-state index contributed by atoms with van der Waals surface area (Å²) in [5, 5.41) is 12.9. The molecule has 114 valence electrons. The smallest absolute Gasteiger partial charge is 0.101 e. The first-order valence-electron chi connectivity index (χ1n) is 7.66. The third-order valence-corrected chi connectivity index (χ3v) is 5.04. The highest BCUT2D eigenvalue weighted by Crippen LogP contribution is 2.28. The van der Waals surface area contributed by atoms with E-state index in [0.717, 1.165) is 24.3 Å². The summed E-state index contributed by atoms with van der Waals surface area (Å²) in [7, 11) is 2.11. The van der Waals surface area contributed by atoms with E-state index in [1.807, 2.05) is 17.8 Å². The van der Waals surface area contributed by atoms with Crippen molar-refractivity contribution in [3.05, 3.63) is 29.3 Å². The zero-order chi connectivity index (χ0) is 15.2. The number of anilines is 1. The van der Waals surface area contributed by atoms with E-state index < -0.39 is 0 Å². The molecule has 0 saturated carbocycles. The molecule has 0 bridgehead atoms. The van der Waals surface area contributed by atoms with Crippen molar-refractivity contribution >= 4 is 17.4 Å². The molecule has 4 heteroatoms. The summed E-state index contributed by atoms with van der Waals surface area (Å²) in [6, 6.07) is 9.20. The van der Waals surface area contributed by atoms with Gasteiger partial charge in [0.1, 0.15) is 6.07 Å². The highest BCUT2D eigenvalue weighted by atomic mass is 32.2. The Kier molecular flexibility index (Phi) is 5.96. The van der Waals surface area contributed by atoms with E-state index in [1.165, 1.54) is 23.5 Å². The quantitative estimate of drug-likeness (QED) is 0.875. The molecule has 1 fully saturated rings. The number of hydrogen-bond donors (Lipinski definition) is 1. The van der Waals surface area contributed by atoms with Crippen LogP contribution >= 0.6 is 11.8 Å². The lowest BCUT2D eigenvalue weighted by Gasteiger charge is -2.27. The summed E-state index contributed by atoms with van der Waals surface area (Å²) in [5.74, 6) is 3.04. The average molecular weight is 303 g/mol. The standard InChI is InChI=1S/C17H25N3S/c1-13(2)10-19-11-14-4-5-17(15(8-14)9-18)20(3)16-6-7-21-12-16/h4-5,8,13,16,19H,6-7,10-12H2,1-3H3. The second kappa shape index (κ2) is 7.72. The molecule has 3 nitrogen and oxygen atoms in total. The van der Waals surface area contributed by atoms with Gasteiger partial charge in [0.05, 0.1) is 11.3 Å². The van der Waals surface area contributed by atoms with Gasteiger partial charge in [0.2, 0.25) is 0 Å². The Morgan fingerprint density at radius 3 is 2.90 bits per heavy atom. The van der Waals surface area contributed by atoms with Gasteiger partial charge in [-0.05, 0) is 42.3 Å². The molecule has 1 N–H and O–H groups in total. The molecule has 1 aromatic rings. The highest BCUT2D eigenvalue weighted by molar-refractivity contribution is 7.99. The number of thioether (sulfide) groups is 1. The Hall–Kier alpha value is -1.18. The number of benzene rings is 1. The van der Waals surface area contributed by atoms with Gasteiger partial charge in [-0.3, -0.25) is 0 Å². The van der Waals surface area contributed by atoms with Gasteiger partial charge < -0.3 is 10.2 Å². The van der Waals surface area contributed by atoms with Crippen molar-refractivity contribution < 1.29 is 0 Å². The lowest BCUT2D eigenvalue weighted by molar-refractivity contribution is 0.552. The monoisotopic (exact) mass is 303 g/mol. The fraction of sp³-hybridized carbons (Fsp3) is 0.588. The van der Waals surface area contributed by atoms with E-state index in [1.54, 1.807) is 0 Å². The Balaban J connectivity index is 2.07. The molecular weight excluding hydrogens is 278 g/mol. The van der Waals surface area contributed by atoms with Crippen molar-refractivity contribution in [3.8, 4) is 6.07 Å². The predicted molar refractivity (Wildman–Crippen MR) is 91.8 cm³/mol. The second-order valence-electron chi connectivity index (χ2n) is 6.12. The van der Waals surface area contributed by atoms with Gasteiger partial charge in [0.25, 0.3) is 0 Å². The van der Waals surface area contributed by atoms with E-state index in [0.29, 0.717) is 12.0 Å². The van der Waals surface area contributed by atoms with E-state index in [2.05, 4.69) is 49.3 Å². The van der Waals surface area contributed by atoms with Crippen molar-refractivity contribution in [1.82, 2.24) is 5.32 Å². The highest BCUT2D eigenvalue weighted by Gasteiger charge is 2.22. The van der Waals surface area contributed by atoms with Crippen LogP contribution in [0.4, 0.5) is 5.69 Å². The van der Waals surface area contributed by atoms with Crippen molar-refractivity contribution in [2.45, 2.75) is 32.9 Å². The van der Waals surface area contributed by atoms with Gasteiger partial charge in [-0.2, -0.15) is 17.0 Å². The summed E-state index contributed by atoms with van der Waals surface area (Å²) >= 11 is 2.00. The largest absolute Gasteiger partial charge is 0.370 e. The molecule has 1 heterocycles. The number of nitrogens with zero attached hydrogens (tertiary/aromatic N) is 2. The lowest BCUT2D eigenvalue weighted by atomic mass is 10.1. The SMILES string of the molecule is CC(C)CNCc1ccc(N(C)C2CCSC2)c(C#N)c1. The maximum absolute atomic E-state index is 9.45. The summed E-state index contributed by atoms with van der Waals surface area (Å²) < 4.78 is 0. The molecule has 21 heavy (non-hydrogen) atoms. The van der Waals surface area contributed by atoms with Crippen LogP contribution in [0.1, 0.15) is 31.4 Å². The predicted octanol–water partition coefficient (Wildman–Crippen LogP) is 3.25. The second-order valence-corrected chi connectivity index (χ2v) is 7.27. The van der Waals surface area contributed by atoms with Crippen LogP contribution in [0.25, 0.3) is 0 Å². The maximum atomic E-state index is 9.45. The minimum Gasteiger partial charge on any atom is -0.370 e. The first-order valence-corrected chi connectivity index (χ1v) is 8.81. The Labute approximate surface area is 132 Å². The van der Waals surface area contributed by atoms with E-state index in [4.69, 9.17) is 0 Å². The van der Waals surface area contributed by atoms with Crippen LogP contribution in [-0.2, 0) is 6.54 Å². The molecule has 1 aliphatic rings. The molecule has 1 atom stereocenters. The molecule has 0 spiro atoms. The molecule has 1 unspecified atom stereocenters. The van der Waals surface area contributed by atoms with Crippen LogP contribution in [0.15, 0.2) is 18.2 Å². The molecule has 2 rings (SSSR count). The van der Waals surface area contributed by atoms with Gasteiger partial charge in [0.15, 0.2) is 0 Å². The third kappa shape index (κ3) is 4.39. The molecule has 0 radical (unpaired) electrons. The van der Waals surface area contributed by atoms with Crippen LogP contribution < -0.4 is 10.2 Å². The normalized spacial score (nSPS) is 18.0. The first-order chi connectivity index (χ1) is 10.1. The molecule has 0 aliphatic carbocycles. The average Bonchev–Trinajstić information content (AvgIpc) is 3.00. The van der Waals surface area contributed by atoms with Crippen LogP contribution in [0.5, 0.6) is 0 Å². The molecule has 1 saturated heterocycles. The first kappa shape index (κ1) is 16.2. The Morgan fingerprint density at radius 2 is 2.29 bits per heavy atom. The number of nitrogens with one attached hydrogen (secondary N) is 1.